The first-order chi connectivity index (χ1) is 10.6. The van der Waals surface area contributed by atoms with Crippen LogP contribution in [0.5, 0.6) is 0 Å². The van der Waals surface area contributed by atoms with Gasteiger partial charge >= 0.3 is 0 Å². The molecule has 2 aromatic rings. The summed E-state index contributed by atoms with van der Waals surface area (Å²) in [6, 6.07) is 12.2. The fraction of sp³-hybridized carbons (Fsp3) is 0.200. The Kier molecular flexibility index (Phi) is 5.37. The third-order valence-electron chi connectivity index (χ3n) is 3.12. The van der Waals surface area contributed by atoms with Crippen LogP contribution in [0.2, 0.25) is 0 Å². The van der Waals surface area contributed by atoms with Gasteiger partial charge in [-0.3, -0.25) is 15.1 Å². The molecule has 6 nitrogen and oxygen atoms in total. The van der Waals surface area contributed by atoms with Crippen molar-refractivity contribution in [2.75, 3.05) is 18.9 Å². The van der Waals surface area contributed by atoms with Crippen LogP contribution in [0.4, 0.5) is 11.4 Å². The minimum Gasteiger partial charge on any atom is -0.352 e. The second-order valence-electron chi connectivity index (χ2n) is 4.70. The molecular weight excluding hydrogens is 300 g/mol. The van der Waals surface area contributed by atoms with E-state index < -0.39 is 4.92 Å². The quantitative estimate of drug-likeness (QED) is 0.519. The van der Waals surface area contributed by atoms with Gasteiger partial charge in [0.15, 0.2) is 5.11 Å². The Morgan fingerprint density at radius 3 is 2.73 bits per heavy atom. The lowest BCUT2D eigenvalue weighted by molar-refractivity contribution is -0.383. The van der Waals surface area contributed by atoms with Crippen LogP contribution >= 0.6 is 12.2 Å². The lowest BCUT2D eigenvalue weighted by Gasteiger charge is -2.20. The van der Waals surface area contributed by atoms with Gasteiger partial charge in [-0.2, -0.15) is 0 Å². The summed E-state index contributed by atoms with van der Waals surface area (Å²) in [5.74, 6) is 0. The normalized spacial score (nSPS) is 10.0. The van der Waals surface area contributed by atoms with Gasteiger partial charge in [0.2, 0.25) is 0 Å². The molecule has 0 spiro atoms. The first-order valence-corrected chi connectivity index (χ1v) is 7.14. The number of rotatable bonds is 5. The third kappa shape index (κ3) is 4.23. The smallest absolute Gasteiger partial charge is 0.292 e. The molecule has 1 N–H and O–H groups in total. The maximum atomic E-state index is 11.0. The summed E-state index contributed by atoms with van der Waals surface area (Å²) in [7, 11) is 1.84. The number of nitrogens with one attached hydrogen (secondary N) is 1. The molecule has 0 aliphatic heterocycles. The molecule has 1 aromatic heterocycles. The van der Waals surface area contributed by atoms with Gasteiger partial charge in [0, 0.05) is 38.0 Å². The first-order valence-electron chi connectivity index (χ1n) is 6.73. The molecule has 0 unspecified atom stereocenters. The number of nitro groups is 1. The van der Waals surface area contributed by atoms with E-state index in [2.05, 4.69) is 10.3 Å². The van der Waals surface area contributed by atoms with E-state index >= 15 is 0 Å². The maximum Gasteiger partial charge on any atom is 0.292 e. The minimum absolute atomic E-state index is 0.00276. The minimum atomic E-state index is -0.432. The number of para-hydroxylation sites is 2. The van der Waals surface area contributed by atoms with Crippen LogP contribution < -0.4 is 5.32 Å². The zero-order chi connectivity index (χ0) is 15.9. The molecule has 0 aliphatic rings. The van der Waals surface area contributed by atoms with Crippen molar-refractivity contribution in [3.63, 3.8) is 0 Å². The van der Waals surface area contributed by atoms with Crippen molar-refractivity contribution in [2.24, 2.45) is 0 Å². The number of aromatic nitrogens is 1. The molecule has 22 heavy (non-hydrogen) atoms. The Labute approximate surface area is 133 Å². The van der Waals surface area contributed by atoms with Crippen molar-refractivity contribution in [1.82, 2.24) is 9.88 Å². The summed E-state index contributed by atoms with van der Waals surface area (Å²) in [5.41, 5.74) is 1.37. The zero-order valence-corrected chi connectivity index (χ0v) is 12.9. The van der Waals surface area contributed by atoms with Crippen LogP contribution in [0.15, 0.2) is 48.7 Å². The number of hydrogen-bond donors (Lipinski definition) is 1. The number of likely N-dealkylation sites (N-methyl/N-ethyl adjacent to an activating group) is 1. The summed E-state index contributed by atoms with van der Waals surface area (Å²) >= 11 is 5.29. The monoisotopic (exact) mass is 316 g/mol. The maximum absolute atomic E-state index is 11.0. The summed E-state index contributed by atoms with van der Waals surface area (Å²) in [6.07, 6.45) is 2.50. The molecule has 0 bridgehead atoms. The van der Waals surface area contributed by atoms with Crippen molar-refractivity contribution in [3.8, 4) is 0 Å². The molecule has 0 atom stereocenters. The average Bonchev–Trinajstić information content (AvgIpc) is 2.53. The highest BCUT2D eigenvalue weighted by Crippen LogP contribution is 2.23. The van der Waals surface area contributed by atoms with Gasteiger partial charge in [-0.05, 0) is 30.4 Å². The van der Waals surface area contributed by atoms with Crippen LogP contribution in [-0.2, 0) is 6.42 Å². The van der Waals surface area contributed by atoms with E-state index in [0.717, 1.165) is 12.1 Å². The molecule has 0 amide bonds. The zero-order valence-electron chi connectivity index (χ0n) is 12.1. The van der Waals surface area contributed by atoms with Gasteiger partial charge in [0.05, 0.1) is 4.92 Å². The molecule has 1 heterocycles. The number of nitro benzene ring substituents is 1. The largest absolute Gasteiger partial charge is 0.352 e. The van der Waals surface area contributed by atoms with E-state index in [1.54, 1.807) is 24.4 Å². The Morgan fingerprint density at radius 2 is 2.05 bits per heavy atom. The summed E-state index contributed by atoms with van der Waals surface area (Å²) < 4.78 is 0. The number of nitrogens with zero attached hydrogens (tertiary/aromatic N) is 3. The third-order valence-corrected chi connectivity index (χ3v) is 3.53. The topological polar surface area (TPSA) is 71.3 Å². The first kappa shape index (κ1) is 15.8. The molecule has 7 heteroatoms. The van der Waals surface area contributed by atoms with Crippen molar-refractivity contribution in [2.45, 2.75) is 6.42 Å². The molecule has 0 radical (unpaired) electrons. The second-order valence-corrected chi connectivity index (χ2v) is 5.08. The highest BCUT2D eigenvalue weighted by molar-refractivity contribution is 7.80. The fourth-order valence-corrected chi connectivity index (χ4v) is 2.08. The molecule has 1 aromatic carbocycles. The van der Waals surface area contributed by atoms with E-state index in [1.807, 2.05) is 30.1 Å². The summed E-state index contributed by atoms with van der Waals surface area (Å²) in [6.45, 7) is 0.670. The van der Waals surface area contributed by atoms with Crippen LogP contribution in [0.25, 0.3) is 0 Å². The van der Waals surface area contributed by atoms with E-state index in [1.165, 1.54) is 6.07 Å². The fourth-order valence-electron chi connectivity index (χ4n) is 1.88. The number of pyridine rings is 1. The van der Waals surface area contributed by atoms with Crippen molar-refractivity contribution >= 4 is 28.7 Å². The van der Waals surface area contributed by atoms with Gasteiger partial charge in [0.1, 0.15) is 5.69 Å². The SMILES string of the molecule is CN(CCc1ccccn1)C(=S)Nc1ccccc1[N+](=O)[O-]. The van der Waals surface area contributed by atoms with Gasteiger partial charge < -0.3 is 10.2 Å². The highest BCUT2D eigenvalue weighted by Gasteiger charge is 2.14. The van der Waals surface area contributed by atoms with Crippen molar-refractivity contribution < 1.29 is 4.92 Å². The molecule has 0 aliphatic carbocycles. The predicted molar refractivity (Wildman–Crippen MR) is 89.9 cm³/mol. The molecule has 0 fully saturated rings. The van der Waals surface area contributed by atoms with Gasteiger partial charge in [-0.15, -0.1) is 0 Å². The van der Waals surface area contributed by atoms with E-state index in [4.69, 9.17) is 12.2 Å². The van der Waals surface area contributed by atoms with Crippen molar-refractivity contribution in [3.05, 3.63) is 64.5 Å². The van der Waals surface area contributed by atoms with E-state index in [9.17, 15) is 10.1 Å². The standard InChI is InChI=1S/C15H16N4O2S/c1-18(11-9-12-6-4-5-10-16-12)15(22)17-13-7-2-3-8-14(13)19(20)21/h2-8,10H,9,11H2,1H3,(H,17,22). The Balaban J connectivity index is 1.96. The van der Waals surface area contributed by atoms with E-state index in [0.29, 0.717) is 17.3 Å². The highest BCUT2D eigenvalue weighted by atomic mass is 32.1. The molecule has 114 valence electrons. The molecule has 2 rings (SSSR count). The van der Waals surface area contributed by atoms with Crippen LogP contribution in [0, 0.1) is 10.1 Å². The van der Waals surface area contributed by atoms with E-state index in [-0.39, 0.29) is 5.69 Å². The lowest BCUT2D eigenvalue weighted by atomic mass is 10.2. The summed E-state index contributed by atoms with van der Waals surface area (Å²) in [5, 5.41) is 14.3. The average molecular weight is 316 g/mol. The number of benzene rings is 1. The van der Waals surface area contributed by atoms with Gasteiger partial charge in [0.25, 0.3) is 5.69 Å². The Morgan fingerprint density at radius 1 is 1.32 bits per heavy atom. The van der Waals surface area contributed by atoms with Gasteiger partial charge in [-0.1, -0.05) is 18.2 Å². The van der Waals surface area contributed by atoms with Crippen LogP contribution in [0.1, 0.15) is 5.69 Å². The van der Waals surface area contributed by atoms with Gasteiger partial charge in [-0.25, -0.2) is 0 Å². The number of thiocarbonyl (C=S) groups is 1. The van der Waals surface area contributed by atoms with Crippen molar-refractivity contribution in [1.29, 1.82) is 0 Å². The Hall–Kier alpha value is -2.54. The Bertz CT molecular complexity index is 664. The lowest BCUT2D eigenvalue weighted by Crippen LogP contribution is -2.33. The van der Waals surface area contributed by atoms with Crippen LogP contribution in [-0.4, -0.2) is 33.5 Å². The predicted octanol–water partition coefficient (Wildman–Crippen LogP) is 2.86. The van der Waals surface area contributed by atoms with Crippen LogP contribution in [0.3, 0.4) is 0 Å². The molecule has 0 saturated carbocycles. The molecule has 0 saturated heterocycles. The summed E-state index contributed by atoms with van der Waals surface area (Å²) in [4.78, 5) is 16.6. The number of anilines is 1. The number of hydrogen-bond acceptors (Lipinski definition) is 4. The second kappa shape index (κ2) is 7.46. The molecular formula is C15H16N4O2S.